The zero-order valence-electron chi connectivity index (χ0n) is 11.6. The predicted octanol–water partition coefficient (Wildman–Crippen LogP) is 3.55. The fraction of sp³-hybridized carbons (Fsp3) is 0.400. The highest BCUT2D eigenvalue weighted by molar-refractivity contribution is 7.07. The van der Waals surface area contributed by atoms with Crippen LogP contribution in [-0.4, -0.2) is 18.6 Å². The Morgan fingerprint density at radius 1 is 1.42 bits per heavy atom. The van der Waals surface area contributed by atoms with Crippen LogP contribution >= 0.6 is 11.3 Å². The van der Waals surface area contributed by atoms with Crippen LogP contribution in [0.15, 0.2) is 29.1 Å². The maximum atomic E-state index is 5.27. The average molecular weight is 276 g/mol. The molecule has 1 unspecified atom stereocenters. The van der Waals surface area contributed by atoms with E-state index in [4.69, 9.17) is 4.74 Å². The molecule has 3 nitrogen and oxygen atoms in total. The van der Waals surface area contributed by atoms with Gasteiger partial charge in [0.1, 0.15) is 5.75 Å². The molecule has 19 heavy (non-hydrogen) atoms. The lowest BCUT2D eigenvalue weighted by atomic mass is 9.99. The molecule has 0 fully saturated rings. The SMILES string of the molecule is CCCNC(c1cscn1)c1ccc(OC)cc1C. The molecule has 0 bridgehead atoms. The Labute approximate surface area is 118 Å². The first-order valence-corrected chi connectivity index (χ1v) is 7.46. The summed E-state index contributed by atoms with van der Waals surface area (Å²) in [5.74, 6) is 0.897. The van der Waals surface area contributed by atoms with Crippen molar-refractivity contribution in [3.05, 3.63) is 45.9 Å². The van der Waals surface area contributed by atoms with Gasteiger partial charge in [-0.05, 0) is 43.1 Å². The molecule has 0 radical (unpaired) electrons. The summed E-state index contributed by atoms with van der Waals surface area (Å²) in [6.45, 7) is 5.27. The molecule has 2 aromatic rings. The lowest BCUT2D eigenvalue weighted by Crippen LogP contribution is -2.24. The standard InChI is InChI=1S/C15H20N2OS/c1-4-7-16-15(14-9-19-10-17-14)13-6-5-12(18-3)8-11(13)2/h5-6,8-10,15-16H,4,7H2,1-3H3. The van der Waals surface area contributed by atoms with Gasteiger partial charge < -0.3 is 10.1 Å². The molecule has 0 saturated heterocycles. The molecule has 0 amide bonds. The smallest absolute Gasteiger partial charge is 0.119 e. The van der Waals surface area contributed by atoms with Crippen LogP contribution in [0.2, 0.25) is 0 Å². The number of nitrogens with one attached hydrogen (secondary N) is 1. The number of hydrogen-bond acceptors (Lipinski definition) is 4. The molecule has 1 atom stereocenters. The quantitative estimate of drug-likeness (QED) is 0.876. The van der Waals surface area contributed by atoms with Gasteiger partial charge in [0, 0.05) is 5.38 Å². The molecule has 1 aromatic heterocycles. The summed E-state index contributed by atoms with van der Waals surface area (Å²) in [6, 6.07) is 6.37. The summed E-state index contributed by atoms with van der Waals surface area (Å²) < 4.78 is 5.27. The van der Waals surface area contributed by atoms with Gasteiger partial charge in [0.2, 0.25) is 0 Å². The minimum atomic E-state index is 0.164. The van der Waals surface area contributed by atoms with Gasteiger partial charge in [0.05, 0.1) is 24.4 Å². The maximum Gasteiger partial charge on any atom is 0.119 e. The third-order valence-electron chi connectivity index (χ3n) is 3.13. The number of ether oxygens (including phenoxy) is 1. The van der Waals surface area contributed by atoms with Crippen molar-refractivity contribution in [1.29, 1.82) is 0 Å². The van der Waals surface area contributed by atoms with E-state index >= 15 is 0 Å². The van der Waals surface area contributed by atoms with E-state index in [1.807, 2.05) is 11.6 Å². The zero-order chi connectivity index (χ0) is 13.7. The van der Waals surface area contributed by atoms with Crippen LogP contribution in [0, 0.1) is 6.92 Å². The van der Waals surface area contributed by atoms with Gasteiger partial charge in [0.25, 0.3) is 0 Å². The van der Waals surface area contributed by atoms with E-state index < -0.39 is 0 Å². The van der Waals surface area contributed by atoms with Gasteiger partial charge in [-0.25, -0.2) is 4.98 Å². The number of thiazole rings is 1. The number of aryl methyl sites for hydroxylation is 1. The number of nitrogens with zero attached hydrogens (tertiary/aromatic N) is 1. The van der Waals surface area contributed by atoms with Gasteiger partial charge in [-0.1, -0.05) is 13.0 Å². The molecule has 0 saturated carbocycles. The molecule has 4 heteroatoms. The van der Waals surface area contributed by atoms with Crippen LogP contribution in [-0.2, 0) is 0 Å². The van der Waals surface area contributed by atoms with Crippen LogP contribution in [0.3, 0.4) is 0 Å². The van der Waals surface area contributed by atoms with Crippen LogP contribution in [0.4, 0.5) is 0 Å². The lowest BCUT2D eigenvalue weighted by Gasteiger charge is -2.19. The molecule has 2 rings (SSSR count). The second-order valence-electron chi connectivity index (χ2n) is 4.52. The Kier molecular flexibility index (Phi) is 4.93. The number of rotatable bonds is 6. The fourth-order valence-electron chi connectivity index (χ4n) is 2.13. The summed E-state index contributed by atoms with van der Waals surface area (Å²) in [5, 5.41) is 5.68. The van der Waals surface area contributed by atoms with Crippen molar-refractivity contribution in [2.75, 3.05) is 13.7 Å². The van der Waals surface area contributed by atoms with Crippen molar-refractivity contribution in [3.63, 3.8) is 0 Å². The Morgan fingerprint density at radius 2 is 2.26 bits per heavy atom. The van der Waals surface area contributed by atoms with E-state index in [0.29, 0.717) is 0 Å². The summed E-state index contributed by atoms with van der Waals surface area (Å²) in [7, 11) is 1.70. The van der Waals surface area contributed by atoms with E-state index in [1.54, 1.807) is 18.4 Å². The first-order chi connectivity index (χ1) is 9.26. The van der Waals surface area contributed by atoms with Crippen molar-refractivity contribution in [1.82, 2.24) is 10.3 Å². The summed E-state index contributed by atoms with van der Waals surface area (Å²) in [6.07, 6.45) is 1.11. The van der Waals surface area contributed by atoms with Gasteiger partial charge >= 0.3 is 0 Å². The number of aromatic nitrogens is 1. The number of methoxy groups -OCH3 is 1. The molecule has 1 heterocycles. The fourth-order valence-corrected chi connectivity index (χ4v) is 2.71. The van der Waals surface area contributed by atoms with E-state index in [2.05, 4.69) is 41.7 Å². The Balaban J connectivity index is 2.32. The van der Waals surface area contributed by atoms with Gasteiger partial charge in [-0.15, -0.1) is 11.3 Å². The minimum absolute atomic E-state index is 0.164. The van der Waals surface area contributed by atoms with E-state index in [1.165, 1.54) is 11.1 Å². The molecule has 0 spiro atoms. The highest BCUT2D eigenvalue weighted by Crippen LogP contribution is 2.27. The summed E-state index contributed by atoms with van der Waals surface area (Å²) in [4.78, 5) is 4.45. The highest BCUT2D eigenvalue weighted by Gasteiger charge is 2.17. The van der Waals surface area contributed by atoms with Crippen molar-refractivity contribution in [3.8, 4) is 5.75 Å². The van der Waals surface area contributed by atoms with Crippen LogP contribution in [0.1, 0.15) is 36.2 Å². The topological polar surface area (TPSA) is 34.2 Å². The zero-order valence-corrected chi connectivity index (χ0v) is 12.5. The summed E-state index contributed by atoms with van der Waals surface area (Å²) >= 11 is 1.63. The molecule has 1 aromatic carbocycles. The van der Waals surface area contributed by atoms with Crippen LogP contribution in [0.25, 0.3) is 0 Å². The largest absolute Gasteiger partial charge is 0.497 e. The maximum absolute atomic E-state index is 5.27. The molecular formula is C15H20N2OS. The molecular weight excluding hydrogens is 256 g/mol. The highest BCUT2D eigenvalue weighted by atomic mass is 32.1. The molecule has 0 aliphatic heterocycles. The molecule has 102 valence electrons. The number of hydrogen-bond donors (Lipinski definition) is 1. The summed E-state index contributed by atoms with van der Waals surface area (Å²) in [5.41, 5.74) is 5.46. The van der Waals surface area contributed by atoms with Crippen molar-refractivity contribution in [2.24, 2.45) is 0 Å². The minimum Gasteiger partial charge on any atom is -0.497 e. The third kappa shape index (κ3) is 3.33. The van der Waals surface area contributed by atoms with Crippen molar-refractivity contribution < 1.29 is 4.74 Å². The van der Waals surface area contributed by atoms with E-state index in [0.717, 1.165) is 24.4 Å². The van der Waals surface area contributed by atoms with E-state index in [9.17, 15) is 0 Å². The Morgan fingerprint density at radius 3 is 2.84 bits per heavy atom. The van der Waals surface area contributed by atoms with Crippen molar-refractivity contribution >= 4 is 11.3 Å². The molecule has 0 aliphatic rings. The van der Waals surface area contributed by atoms with Gasteiger partial charge in [-0.3, -0.25) is 0 Å². The van der Waals surface area contributed by atoms with Crippen LogP contribution < -0.4 is 10.1 Å². The van der Waals surface area contributed by atoms with E-state index in [-0.39, 0.29) is 6.04 Å². The first kappa shape index (κ1) is 14.0. The Hall–Kier alpha value is -1.39. The third-order valence-corrected chi connectivity index (χ3v) is 3.74. The molecule has 1 N–H and O–H groups in total. The number of benzene rings is 1. The second kappa shape index (κ2) is 6.68. The first-order valence-electron chi connectivity index (χ1n) is 6.52. The second-order valence-corrected chi connectivity index (χ2v) is 5.24. The monoisotopic (exact) mass is 276 g/mol. The van der Waals surface area contributed by atoms with Gasteiger partial charge in [-0.2, -0.15) is 0 Å². The van der Waals surface area contributed by atoms with Gasteiger partial charge in [0.15, 0.2) is 0 Å². The van der Waals surface area contributed by atoms with Crippen LogP contribution in [0.5, 0.6) is 5.75 Å². The normalized spacial score (nSPS) is 12.4. The molecule has 0 aliphatic carbocycles. The van der Waals surface area contributed by atoms with Crippen molar-refractivity contribution in [2.45, 2.75) is 26.3 Å². The lowest BCUT2D eigenvalue weighted by molar-refractivity contribution is 0.414. The average Bonchev–Trinajstić information content (AvgIpc) is 2.94. The predicted molar refractivity (Wildman–Crippen MR) is 80.0 cm³/mol. The Bertz CT molecular complexity index is 511.